The molecule has 0 aliphatic rings. The Labute approximate surface area is 142 Å². The Balaban J connectivity index is 0. The van der Waals surface area contributed by atoms with Crippen LogP contribution in [0.5, 0.6) is 5.75 Å². The van der Waals surface area contributed by atoms with E-state index in [0.29, 0.717) is 5.56 Å². The largest absolute Gasteiger partial charge is 1.00 e. The number of benzene rings is 1. The van der Waals surface area contributed by atoms with Gasteiger partial charge < -0.3 is 20.5 Å². The number of hydrogen-bond acceptors (Lipinski definition) is 3. The predicted molar refractivity (Wildman–Crippen MR) is 73.5 cm³/mol. The summed E-state index contributed by atoms with van der Waals surface area (Å²) >= 11 is 0. The molecule has 0 aliphatic heterocycles. The van der Waals surface area contributed by atoms with E-state index in [4.69, 9.17) is 0 Å². The first-order chi connectivity index (χ1) is 7.94. The molecule has 0 bridgehead atoms. The van der Waals surface area contributed by atoms with Gasteiger partial charge in [-0.1, -0.05) is 47.6 Å². The fourth-order valence-electron chi connectivity index (χ4n) is 1.79. The molecule has 0 aromatic heterocycles. The molecule has 5 heteroatoms. The van der Waals surface area contributed by atoms with Crippen LogP contribution >= 0.6 is 0 Å². The van der Waals surface area contributed by atoms with E-state index >= 15 is 0 Å². The van der Waals surface area contributed by atoms with E-state index in [2.05, 4.69) is 0 Å². The number of aromatic hydroxyl groups is 1. The molecule has 3 N–H and O–H groups in total. The number of hydrogen-bond donors (Lipinski definition) is 1. The molecule has 0 radical (unpaired) electrons. The Hall–Kier alpha value is -0.550. The van der Waals surface area contributed by atoms with Crippen molar-refractivity contribution < 1.29 is 50.0 Å². The van der Waals surface area contributed by atoms with Crippen LogP contribution in [0.15, 0.2) is 12.1 Å². The number of carbonyl (C=O) groups is 1. The first-order valence-electron chi connectivity index (χ1n) is 6.04. The van der Waals surface area contributed by atoms with Gasteiger partial charge in [-0.3, -0.25) is 0 Å². The molecular formula is C15H23NaO4. The molecule has 0 spiro atoms. The molecule has 1 aromatic carbocycles. The number of phenols is 1. The van der Waals surface area contributed by atoms with Crippen LogP contribution in [0.2, 0.25) is 0 Å². The summed E-state index contributed by atoms with van der Waals surface area (Å²) in [6.07, 6.45) is 0. The zero-order valence-corrected chi connectivity index (χ0v) is 15.4. The van der Waals surface area contributed by atoms with Gasteiger partial charge in [-0.15, -0.1) is 0 Å². The van der Waals surface area contributed by atoms with Gasteiger partial charge in [-0.05, 0) is 22.5 Å². The summed E-state index contributed by atoms with van der Waals surface area (Å²) in [5, 5.41) is 21.2. The Morgan fingerprint density at radius 3 is 1.80 bits per heavy atom. The van der Waals surface area contributed by atoms with Crippen molar-refractivity contribution in [2.24, 2.45) is 0 Å². The van der Waals surface area contributed by atoms with Gasteiger partial charge in [0.05, 0.1) is 5.97 Å². The van der Waals surface area contributed by atoms with Crippen LogP contribution in [0.4, 0.5) is 0 Å². The fraction of sp³-hybridized carbons (Fsp3) is 0.533. The van der Waals surface area contributed by atoms with Crippen molar-refractivity contribution >= 4 is 5.97 Å². The second kappa shape index (κ2) is 6.94. The maximum atomic E-state index is 11.1. The van der Waals surface area contributed by atoms with Gasteiger partial charge >= 0.3 is 29.6 Å². The molecule has 0 unspecified atom stereocenters. The topological polar surface area (TPSA) is 91.9 Å². The monoisotopic (exact) mass is 290 g/mol. The smallest absolute Gasteiger partial charge is 0.545 e. The summed E-state index contributed by atoms with van der Waals surface area (Å²) < 4.78 is 0. The third-order valence-corrected chi connectivity index (χ3v) is 3.00. The Morgan fingerprint density at radius 2 is 1.50 bits per heavy atom. The van der Waals surface area contributed by atoms with Crippen LogP contribution < -0.4 is 34.7 Å². The Morgan fingerprint density at radius 1 is 1.05 bits per heavy atom. The molecule has 0 saturated heterocycles. The molecule has 1 rings (SSSR count). The van der Waals surface area contributed by atoms with E-state index in [0.717, 1.165) is 5.56 Å². The van der Waals surface area contributed by atoms with Crippen molar-refractivity contribution in [3.05, 3.63) is 28.8 Å². The summed E-state index contributed by atoms with van der Waals surface area (Å²) in [5.41, 5.74) is 0.874. The molecule has 0 fully saturated rings. The molecule has 0 atom stereocenters. The molecule has 0 amide bonds. The minimum atomic E-state index is -1.34. The van der Waals surface area contributed by atoms with Gasteiger partial charge in [-0.25, -0.2) is 0 Å². The third kappa shape index (κ3) is 4.77. The van der Waals surface area contributed by atoms with Crippen molar-refractivity contribution in [3.63, 3.8) is 0 Å². The van der Waals surface area contributed by atoms with Gasteiger partial charge in [0.15, 0.2) is 0 Å². The maximum absolute atomic E-state index is 11.1. The van der Waals surface area contributed by atoms with Crippen LogP contribution in [0.1, 0.15) is 63.0 Å². The van der Waals surface area contributed by atoms with E-state index in [-0.39, 0.29) is 57.2 Å². The molecule has 0 saturated carbocycles. The van der Waals surface area contributed by atoms with Crippen molar-refractivity contribution in [3.8, 4) is 5.75 Å². The zero-order valence-electron chi connectivity index (χ0n) is 13.4. The molecule has 4 nitrogen and oxygen atoms in total. The third-order valence-electron chi connectivity index (χ3n) is 3.00. The Kier molecular flexibility index (Phi) is 7.55. The van der Waals surface area contributed by atoms with Crippen molar-refractivity contribution in [2.45, 2.75) is 52.4 Å². The summed E-state index contributed by atoms with van der Waals surface area (Å²) in [6, 6.07) is 3.38. The summed E-state index contributed by atoms with van der Waals surface area (Å²) in [5.74, 6) is -1.53. The van der Waals surface area contributed by atoms with Crippen molar-refractivity contribution in [1.29, 1.82) is 0 Å². The van der Waals surface area contributed by atoms with Crippen LogP contribution in [-0.2, 0) is 10.8 Å². The number of carboxylic acid groups (broad SMARTS) is 1. The first kappa shape index (κ1) is 21.7. The van der Waals surface area contributed by atoms with Crippen LogP contribution in [0, 0.1) is 0 Å². The Bertz CT molecular complexity index is 482. The van der Waals surface area contributed by atoms with Gasteiger partial charge in [0, 0.05) is 11.1 Å². The first-order valence-corrected chi connectivity index (χ1v) is 6.04. The summed E-state index contributed by atoms with van der Waals surface area (Å²) in [7, 11) is 0. The van der Waals surface area contributed by atoms with Crippen LogP contribution in [0.3, 0.4) is 0 Å². The minimum Gasteiger partial charge on any atom is -0.545 e. The average Bonchev–Trinajstić information content (AvgIpc) is 2.13. The van der Waals surface area contributed by atoms with E-state index in [1.54, 1.807) is 0 Å². The number of rotatable bonds is 1. The second-order valence-electron chi connectivity index (χ2n) is 6.71. The van der Waals surface area contributed by atoms with Crippen LogP contribution in [0.25, 0.3) is 0 Å². The molecule has 0 heterocycles. The number of aromatic carboxylic acids is 1. The maximum Gasteiger partial charge on any atom is 1.00 e. The number of carboxylic acids is 1. The molecule has 1 aromatic rings. The summed E-state index contributed by atoms with van der Waals surface area (Å²) in [4.78, 5) is 11.1. The molecular weight excluding hydrogens is 267 g/mol. The van der Waals surface area contributed by atoms with E-state index in [1.807, 2.05) is 47.6 Å². The standard InChI is InChI=1S/C15H22O3.Na.H2O/c1-14(2,3)9-7-10(13(17)18)12(16)11(8-9)15(4,5)6;;/h7-8,16H,1-6H3,(H,17,18);;1H2/q;+1;/p-1. The van der Waals surface area contributed by atoms with E-state index in [1.165, 1.54) is 6.07 Å². The molecule has 108 valence electrons. The SMILES string of the molecule is CC(C)(C)c1cc(C(=O)[O-])c(O)c(C(C)(C)C)c1.O.[Na+]. The van der Waals surface area contributed by atoms with Crippen molar-refractivity contribution in [2.75, 3.05) is 0 Å². The van der Waals surface area contributed by atoms with Gasteiger partial charge in [0.2, 0.25) is 0 Å². The van der Waals surface area contributed by atoms with Gasteiger partial charge in [-0.2, -0.15) is 0 Å². The van der Waals surface area contributed by atoms with Crippen molar-refractivity contribution in [1.82, 2.24) is 0 Å². The summed E-state index contributed by atoms with van der Waals surface area (Å²) in [6.45, 7) is 11.8. The van der Waals surface area contributed by atoms with Crippen LogP contribution in [-0.4, -0.2) is 16.6 Å². The zero-order chi connectivity index (χ0) is 14.3. The quantitative estimate of drug-likeness (QED) is 0.640. The normalized spacial score (nSPS) is 11.3. The predicted octanol–water partition coefficient (Wildman–Crippen LogP) is -1.47. The minimum absolute atomic E-state index is 0. The van der Waals surface area contributed by atoms with E-state index in [9.17, 15) is 15.0 Å². The number of carbonyl (C=O) groups excluding carboxylic acids is 1. The average molecular weight is 290 g/mol. The van der Waals surface area contributed by atoms with Gasteiger partial charge in [0.1, 0.15) is 5.75 Å². The van der Waals surface area contributed by atoms with E-state index < -0.39 is 5.97 Å². The molecule has 0 aliphatic carbocycles. The fourth-order valence-corrected chi connectivity index (χ4v) is 1.79. The molecule has 20 heavy (non-hydrogen) atoms. The second-order valence-corrected chi connectivity index (χ2v) is 6.71. The van der Waals surface area contributed by atoms with Gasteiger partial charge in [0.25, 0.3) is 0 Å².